The lowest BCUT2D eigenvalue weighted by Crippen LogP contribution is -2.29. The number of methoxy groups -OCH3 is 1. The van der Waals surface area contributed by atoms with Crippen molar-refractivity contribution in [3.63, 3.8) is 0 Å². The zero-order valence-corrected chi connectivity index (χ0v) is 10.8. The summed E-state index contributed by atoms with van der Waals surface area (Å²) in [5.74, 6) is 0.334. The number of rotatable bonds is 6. The first-order valence-electron chi connectivity index (χ1n) is 5.35. The van der Waals surface area contributed by atoms with E-state index < -0.39 is 10.0 Å². The van der Waals surface area contributed by atoms with Gasteiger partial charge in [0.15, 0.2) is 0 Å². The van der Waals surface area contributed by atoms with E-state index in [1.165, 1.54) is 13.2 Å². The Morgan fingerprint density at radius 2 is 2.06 bits per heavy atom. The van der Waals surface area contributed by atoms with Crippen LogP contribution in [0.15, 0.2) is 29.2 Å². The minimum absolute atomic E-state index is 0.0321. The van der Waals surface area contributed by atoms with Crippen LogP contribution in [-0.2, 0) is 10.0 Å². The zero-order chi connectivity index (χ0) is 12.9. The van der Waals surface area contributed by atoms with E-state index in [-0.39, 0.29) is 10.9 Å². The Hall–Kier alpha value is -1.11. The molecule has 0 heterocycles. The summed E-state index contributed by atoms with van der Waals surface area (Å²) in [6.07, 6.45) is 0.592. The summed E-state index contributed by atoms with van der Waals surface area (Å²) in [7, 11) is -2.09. The van der Waals surface area contributed by atoms with Gasteiger partial charge in [0.05, 0.1) is 7.11 Å². The summed E-state index contributed by atoms with van der Waals surface area (Å²) in [5.41, 5.74) is 5.56. The molecular formula is C11H18N2O3S. The Balaban J connectivity index is 2.82. The molecule has 0 aliphatic rings. The van der Waals surface area contributed by atoms with E-state index in [0.717, 1.165) is 0 Å². The predicted octanol–water partition coefficient (Wildman–Crippen LogP) is 0.711. The van der Waals surface area contributed by atoms with Gasteiger partial charge in [-0.15, -0.1) is 0 Å². The van der Waals surface area contributed by atoms with Crippen LogP contribution >= 0.6 is 0 Å². The predicted molar refractivity (Wildman–Crippen MR) is 66.4 cm³/mol. The van der Waals surface area contributed by atoms with Gasteiger partial charge >= 0.3 is 0 Å². The Kier molecular flexibility index (Phi) is 4.92. The SMILES string of the molecule is COc1ccccc1S(=O)(=O)NCCC(C)N. The smallest absolute Gasteiger partial charge is 0.244 e. The number of nitrogens with one attached hydrogen (secondary N) is 1. The van der Waals surface area contributed by atoms with Gasteiger partial charge in [-0.3, -0.25) is 0 Å². The highest BCUT2D eigenvalue weighted by Gasteiger charge is 2.18. The maximum absolute atomic E-state index is 12.0. The molecule has 0 saturated carbocycles. The van der Waals surface area contributed by atoms with Crippen LogP contribution in [0.4, 0.5) is 0 Å². The van der Waals surface area contributed by atoms with E-state index in [0.29, 0.717) is 18.7 Å². The van der Waals surface area contributed by atoms with E-state index in [2.05, 4.69) is 4.72 Å². The highest BCUT2D eigenvalue weighted by atomic mass is 32.2. The van der Waals surface area contributed by atoms with Gasteiger partial charge in [-0.05, 0) is 25.5 Å². The number of hydrogen-bond acceptors (Lipinski definition) is 4. The van der Waals surface area contributed by atoms with E-state index in [1.54, 1.807) is 18.2 Å². The van der Waals surface area contributed by atoms with Crippen molar-refractivity contribution in [3.05, 3.63) is 24.3 Å². The first-order valence-corrected chi connectivity index (χ1v) is 6.84. The summed E-state index contributed by atoms with van der Waals surface area (Å²) in [4.78, 5) is 0.146. The molecule has 17 heavy (non-hydrogen) atoms. The molecule has 1 rings (SSSR count). The quantitative estimate of drug-likeness (QED) is 0.787. The topological polar surface area (TPSA) is 81.4 Å². The number of nitrogens with two attached hydrogens (primary N) is 1. The molecule has 1 atom stereocenters. The molecule has 0 bridgehead atoms. The molecule has 0 radical (unpaired) electrons. The maximum Gasteiger partial charge on any atom is 0.244 e. The van der Waals surface area contributed by atoms with Crippen LogP contribution in [0.5, 0.6) is 5.75 Å². The molecule has 0 spiro atoms. The maximum atomic E-state index is 12.0. The zero-order valence-electron chi connectivity index (χ0n) is 10.0. The van der Waals surface area contributed by atoms with Crippen LogP contribution in [0.2, 0.25) is 0 Å². The van der Waals surface area contributed by atoms with Crippen molar-refractivity contribution in [2.75, 3.05) is 13.7 Å². The van der Waals surface area contributed by atoms with Crippen LogP contribution in [-0.4, -0.2) is 28.1 Å². The average Bonchev–Trinajstić information content (AvgIpc) is 2.28. The second-order valence-electron chi connectivity index (χ2n) is 3.81. The standard InChI is InChI=1S/C11H18N2O3S/c1-9(12)7-8-13-17(14,15)11-6-4-3-5-10(11)16-2/h3-6,9,13H,7-8,12H2,1-2H3. The van der Waals surface area contributed by atoms with Crippen molar-refractivity contribution in [2.45, 2.75) is 24.3 Å². The molecule has 0 aromatic heterocycles. The molecule has 3 N–H and O–H groups in total. The molecule has 1 unspecified atom stereocenters. The number of benzene rings is 1. The summed E-state index contributed by atoms with van der Waals surface area (Å²) < 4.78 is 31.4. The third-order valence-electron chi connectivity index (χ3n) is 2.25. The van der Waals surface area contributed by atoms with E-state index in [9.17, 15) is 8.42 Å². The Morgan fingerprint density at radius 3 is 2.65 bits per heavy atom. The average molecular weight is 258 g/mol. The Bertz CT molecular complexity index is 458. The molecule has 0 amide bonds. The van der Waals surface area contributed by atoms with E-state index in [1.807, 2.05) is 6.92 Å². The summed E-state index contributed by atoms with van der Waals surface area (Å²) in [6.45, 7) is 2.15. The minimum atomic E-state index is -3.53. The molecule has 5 nitrogen and oxygen atoms in total. The molecule has 0 aliphatic carbocycles. The van der Waals surface area contributed by atoms with Crippen LogP contribution in [0.25, 0.3) is 0 Å². The lowest BCUT2D eigenvalue weighted by Gasteiger charge is -2.11. The summed E-state index contributed by atoms with van der Waals surface area (Å²) >= 11 is 0. The van der Waals surface area contributed by atoms with Crippen LogP contribution < -0.4 is 15.2 Å². The molecule has 0 aliphatic heterocycles. The molecule has 1 aromatic rings. The summed E-state index contributed by atoms with van der Waals surface area (Å²) in [5, 5.41) is 0. The van der Waals surface area contributed by atoms with Crippen molar-refractivity contribution in [3.8, 4) is 5.75 Å². The fourth-order valence-corrected chi connectivity index (χ4v) is 2.56. The van der Waals surface area contributed by atoms with Crippen molar-refractivity contribution >= 4 is 10.0 Å². The molecule has 96 valence electrons. The van der Waals surface area contributed by atoms with Crippen molar-refractivity contribution in [2.24, 2.45) is 5.73 Å². The molecule has 6 heteroatoms. The van der Waals surface area contributed by atoms with Gasteiger partial charge in [-0.25, -0.2) is 13.1 Å². The third-order valence-corrected chi connectivity index (χ3v) is 3.75. The van der Waals surface area contributed by atoms with Gasteiger partial charge in [-0.2, -0.15) is 0 Å². The molecule has 1 aromatic carbocycles. The fourth-order valence-electron chi connectivity index (χ4n) is 1.34. The molecule has 0 saturated heterocycles. The largest absolute Gasteiger partial charge is 0.495 e. The number of para-hydroxylation sites is 1. The second-order valence-corrected chi connectivity index (χ2v) is 5.55. The Labute approximate surface area is 102 Å². The van der Waals surface area contributed by atoms with Crippen molar-refractivity contribution in [1.29, 1.82) is 0 Å². The molecule has 0 fully saturated rings. The normalized spacial score (nSPS) is 13.4. The van der Waals surface area contributed by atoms with Crippen LogP contribution in [0.1, 0.15) is 13.3 Å². The van der Waals surface area contributed by atoms with Gasteiger partial charge < -0.3 is 10.5 Å². The monoisotopic (exact) mass is 258 g/mol. The highest BCUT2D eigenvalue weighted by molar-refractivity contribution is 7.89. The van der Waals surface area contributed by atoms with E-state index >= 15 is 0 Å². The third kappa shape index (κ3) is 3.99. The Morgan fingerprint density at radius 1 is 1.41 bits per heavy atom. The van der Waals surface area contributed by atoms with Crippen LogP contribution in [0, 0.1) is 0 Å². The van der Waals surface area contributed by atoms with Crippen LogP contribution in [0.3, 0.4) is 0 Å². The number of ether oxygens (including phenoxy) is 1. The highest BCUT2D eigenvalue weighted by Crippen LogP contribution is 2.22. The molecular weight excluding hydrogens is 240 g/mol. The van der Waals surface area contributed by atoms with E-state index in [4.69, 9.17) is 10.5 Å². The van der Waals surface area contributed by atoms with Gasteiger partial charge in [0.25, 0.3) is 0 Å². The first-order chi connectivity index (χ1) is 7.97. The number of hydrogen-bond donors (Lipinski definition) is 2. The van der Waals surface area contributed by atoms with Gasteiger partial charge in [0.2, 0.25) is 10.0 Å². The van der Waals surface area contributed by atoms with Crippen molar-refractivity contribution in [1.82, 2.24) is 4.72 Å². The lowest BCUT2D eigenvalue weighted by molar-refractivity contribution is 0.402. The second kappa shape index (κ2) is 6.00. The van der Waals surface area contributed by atoms with Gasteiger partial charge in [0.1, 0.15) is 10.6 Å². The first kappa shape index (κ1) is 14.0. The van der Waals surface area contributed by atoms with Gasteiger partial charge in [0, 0.05) is 12.6 Å². The summed E-state index contributed by atoms with van der Waals surface area (Å²) in [6, 6.07) is 6.46. The van der Waals surface area contributed by atoms with Gasteiger partial charge in [-0.1, -0.05) is 12.1 Å². The van der Waals surface area contributed by atoms with Crippen molar-refractivity contribution < 1.29 is 13.2 Å². The minimum Gasteiger partial charge on any atom is -0.495 e. The number of sulfonamides is 1. The lowest BCUT2D eigenvalue weighted by atomic mass is 10.3. The fraction of sp³-hybridized carbons (Fsp3) is 0.455.